The van der Waals surface area contributed by atoms with E-state index in [1.807, 2.05) is 42.2 Å². The summed E-state index contributed by atoms with van der Waals surface area (Å²) >= 11 is 0. The summed E-state index contributed by atoms with van der Waals surface area (Å²) in [5.41, 5.74) is 2.90. The number of nitrogens with one attached hydrogen (secondary N) is 1. The Hall–Kier alpha value is -1.77. The minimum absolute atomic E-state index is 0.121. The monoisotopic (exact) mass is 230 g/mol. The lowest BCUT2D eigenvalue weighted by molar-refractivity contribution is 0.0799. The SMILES string of the molecule is CCNc1ccc(C(=O)N2CC=CC2)c(C)c1. The minimum atomic E-state index is 0.121. The van der Waals surface area contributed by atoms with Gasteiger partial charge in [0, 0.05) is 30.9 Å². The van der Waals surface area contributed by atoms with Gasteiger partial charge in [-0.2, -0.15) is 0 Å². The number of nitrogens with zero attached hydrogens (tertiary/aromatic N) is 1. The molecule has 1 N–H and O–H groups in total. The van der Waals surface area contributed by atoms with Crippen LogP contribution in [0.2, 0.25) is 0 Å². The fraction of sp³-hybridized carbons (Fsp3) is 0.357. The average Bonchev–Trinajstić information content (AvgIpc) is 2.82. The first-order valence-electron chi connectivity index (χ1n) is 6.01. The van der Waals surface area contributed by atoms with Crippen molar-refractivity contribution < 1.29 is 4.79 Å². The van der Waals surface area contributed by atoms with Crippen molar-refractivity contribution in [2.75, 3.05) is 25.0 Å². The van der Waals surface area contributed by atoms with Crippen LogP contribution in [0.5, 0.6) is 0 Å². The number of aryl methyl sites for hydroxylation is 1. The second kappa shape index (κ2) is 5.04. The van der Waals surface area contributed by atoms with E-state index in [1.54, 1.807) is 0 Å². The van der Waals surface area contributed by atoms with Gasteiger partial charge in [0.25, 0.3) is 5.91 Å². The van der Waals surface area contributed by atoms with Gasteiger partial charge in [-0.25, -0.2) is 0 Å². The number of hydrogen-bond donors (Lipinski definition) is 1. The van der Waals surface area contributed by atoms with Crippen LogP contribution < -0.4 is 5.32 Å². The van der Waals surface area contributed by atoms with Crippen molar-refractivity contribution in [3.05, 3.63) is 41.5 Å². The fourth-order valence-corrected chi connectivity index (χ4v) is 2.03. The first-order valence-corrected chi connectivity index (χ1v) is 6.01. The number of hydrogen-bond acceptors (Lipinski definition) is 2. The fourth-order valence-electron chi connectivity index (χ4n) is 2.03. The van der Waals surface area contributed by atoms with E-state index in [4.69, 9.17) is 0 Å². The molecule has 1 heterocycles. The molecule has 0 unspecified atom stereocenters. The molecule has 0 spiro atoms. The van der Waals surface area contributed by atoms with Gasteiger partial charge in [0.05, 0.1) is 0 Å². The van der Waals surface area contributed by atoms with Crippen molar-refractivity contribution >= 4 is 11.6 Å². The Balaban J connectivity index is 2.18. The quantitative estimate of drug-likeness (QED) is 0.809. The van der Waals surface area contributed by atoms with E-state index in [1.165, 1.54) is 0 Å². The third kappa shape index (κ3) is 2.49. The zero-order valence-corrected chi connectivity index (χ0v) is 10.4. The van der Waals surface area contributed by atoms with Gasteiger partial charge in [-0.1, -0.05) is 12.2 Å². The molecule has 0 bridgehead atoms. The highest BCUT2D eigenvalue weighted by molar-refractivity contribution is 5.96. The summed E-state index contributed by atoms with van der Waals surface area (Å²) in [4.78, 5) is 14.0. The van der Waals surface area contributed by atoms with Gasteiger partial charge >= 0.3 is 0 Å². The predicted octanol–water partition coefficient (Wildman–Crippen LogP) is 2.44. The van der Waals surface area contributed by atoms with Crippen molar-refractivity contribution in [1.82, 2.24) is 4.90 Å². The number of benzene rings is 1. The normalized spacial score (nSPS) is 14.1. The summed E-state index contributed by atoms with van der Waals surface area (Å²) in [5.74, 6) is 0.121. The number of carbonyl (C=O) groups is 1. The predicted molar refractivity (Wildman–Crippen MR) is 70.4 cm³/mol. The van der Waals surface area contributed by atoms with Crippen LogP contribution in [-0.2, 0) is 0 Å². The van der Waals surface area contributed by atoms with E-state index in [0.29, 0.717) is 0 Å². The molecule has 0 aromatic heterocycles. The van der Waals surface area contributed by atoms with Crippen LogP contribution in [0.25, 0.3) is 0 Å². The van der Waals surface area contributed by atoms with Crippen LogP contribution in [0.15, 0.2) is 30.4 Å². The standard InChI is InChI=1S/C14H18N2O/c1-3-15-12-6-7-13(11(2)10-12)14(17)16-8-4-5-9-16/h4-7,10,15H,3,8-9H2,1-2H3. The van der Waals surface area contributed by atoms with E-state index in [-0.39, 0.29) is 5.91 Å². The Morgan fingerprint density at radius 3 is 2.65 bits per heavy atom. The minimum Gasteiger partial charge on any atom is -0.385 e. The zero-order valence-electron chi connectivity index (χ0n) is 10.4. The van der Waals surface area contributed by atoms with Gasteiger partial charge in [0.2, 0.25) is 0 Å². The Morgan fingerprint density at radius 1 is 1.35 bits per heavy atom. The highest BCUT2D eigenvalue weighted by atomic mass is 16.2. The van der Waals surface area contributed by atoms with E-state index in [2.05, 4.69) is 12.2 Å². The van der Waals surface area contributed by atoms with E-state index < -0.39 is 0 Å². The van der Waals surface area contributed by atoms with Gasteiger partial charge in [-0.05, 0) is 37.6 Å². The molecule has 0 saturated carbocycles. The van der Waals surface area contributed by atoms with Gasteiger partial charge in [0.15, 0.2) is 0 Å². The van der Waals surface area contributed by atoms with Crippen LogP contribution in [0, 0.1) is 6.92 Å². The smallest absolute Gasteiger partial charge is 0.254 e. The maximum absolute atomic E-state index is 12.2. The summed E-state index contributed by atoms with van der Waals surface area (Å²) in [6.45, 7) is 6.39. The zero-order chi connectivity index (χ0) is 12.3. The molecule has 1 aliphatic rings. The lowest BCUT2D eigenvalue weighted by Gasteiger charge is -2.17. The summed E-state index contributed by atoms with van der Waals surface area (Å²) in [6, 6.07) is 5.90. The number of amides is 1. The Kier molecular flexibility index (Phi) is 3.47. The average molecular weight is 230 g/mol. The van der Waals surface area contributed by atoms with Gasteiger partial charge in [-0.15, -0.1) is 0 Å². The molecule has 0 radical (unpaired) electrons. The molecular formula is C14H18N2O. The first-order chi connectivity index (χ1) is 8.22. The van der Waals surface area contributed by atoms with E-state index >= 15 is 0 Å². The van der Waals surface area contributed by atoms with Crippen LogP contribution in [0.1, 0.15) is 22.8 Å². The Morgan fingerprint density at radius 2 is 2.06 bits per heavy atom. The number of rotatable bonds is 3. The Labute approximate surface area is 102 Å². The van der Waals surface area contributed by atoms with Gasteiger partial charge < -0.3 is 10.2 Å². The maximum atomic E-state index is 12.2. The largest absolute Gasteiger partial charge is 0.385 e. The highest BCUT2D eigenvalue weighted by Crippen LogP contribution is 2.17. The molecule has 3 nitrogen and oxygen atoms in total. The molecule has 0 aliphatic carbocycles. The summed E-state index contributed by atoms with van der Waals surface area (Å²) in [7, 11) is 0. The molecule has 1 aromatic carbocycles. The van der Waals surface area contributed by atoms with Gasteiger partial charge in [-0.3, -0.25) is 4.79 Å². The highest BCUT2D eigenvalue weighted by Gasteiger charge is 2.17. The van der Waals surface area contributed by atoms with E-state index in [0.717, 1.165) is 36.4 Å². The molecule has 1 amide bonds. The van der Waals surface area contributed by atoms with Crippen molar-refractivity contribution in [3.63, 3.8) is 0 Å². The molecule has 0 saturated heterocycles. The maximum Gasteiger partial charge on any atom is 0.254 e. The molecule has 90 valence electrons. The van der Waals surface area contributed by atoms with Crippen LogP contribution >= 0.6 is 0 Å². The van der Waals surface area contributed by atoms with Crippen LogP contribution in [-0.4, -0.2) is 30.4 Å². The molecule has 1 aromatic rings. The summed E-state index contributed by atoms with van der Waals surface area (Å²) < 4.78 is 0. The Bertz CT molecular complexity index is 444. The molecule has 2 rings (SSSR count). The molecule has 1 aliphatic heterocycles. The van der Waals surface area contributed by atoms with Crippen LogP contribution in [0.3, 0.4) is 0 Å². The first kappa shape index (κ1) is 11.7. The van der Waals surface area contributed by atoms with Crippen molar-refractivity contribution in [2.24, 2.45) is 0 Å². The number of carbonyl (C=O) groups excluding carboxylic acids is 1. The van der Waals surface area contributed by atoms with Crippen LogP contribution in [0.4, 0.5) is 5.69 Å². The molecule has 3 heteroatoms. The second-order valence-corrected chi connectivity index (χ2v) is 4.24. The van der Waals surface area contributed by atoms with E-state index in [9.17, 15) is 4.79 Å². The summed E-state index contributed by atoms with van der Waals surface area (Å²) in [5, 5.41) is 3.25. The number of anilines is 1. The van der Waals surface area contributed by atoms with Crippen molar-refractivity contribution in [3.8, 4) is 0 Å². The third-order valence-electron chi connectivity index (χ3n) is 2.94. The van der Waals surface area contributed by atoms with Crippen molar-refractivity contribution in [2.45, 2.75) is 13.8 Å². The van der Waals surface area contributed by atoms with Crippen molar-refractivity contribution in [1.29, 1.82) is 0 Å². The summed E-state index contributed by atoms with van der Waals surface area (Å²) in [6.07, 6.45) is 4.06. The molecule has 0 atom stereocenters. The second-order valence-electron chi connectivity index (χ2n) is 4.24. The lowest BCUT2D eigenvalue weighted by atomic mass is 10.1. The molecular weight excluding hydrogens is 212 g/mol. The molecule has 17 heavy (non-hydrogen) atoms. The van der Waals surface area contributed by atoms with Gasteiger partial charge in [0.1, 0.15) is 0 Å². The molecule has 0 fully saturated rings. The topological polar surface area (TPSA) is 32.3 Å². The third-order valence-corrected chi connectivity index (χ3v) is 2.94. The lowest BCUT2D eigenvalue weighted by Crippen LogP contribution is -2.28.